The quantitative estimate of drug-likeness (QED) is 0.749. The summed E-state index contributed by atoms with van der Waals surface area (Å²) in [5, 5.41) is 10.2. The summed E-state index contributed by atoms with van der Waals surface area (Å²) in [6.07, 6.45) is 5.23. The van der Waals surface area contributed by atoms with Crippen LogP contribution in [0, 0.1) is 0 Å². The van der Waals surface area contributed by atoms with E-state index in [2.05, 4.69) is 11.8 Å². The van der Waals surface area contributed by atoms with Gasteiger partial charge in [-0.25, -0.2) is 0 Å². The van der Waals surface area contributed by atoms with E-state index in [9.17, 15) is 5.11 Å². The molecule has 0 aromatic heterocycles. The van der Waals surface area contributed by atoms with Gasteiger partial charge in [0.1, 0.15) is 11.5 Å². The average Bonchev–Trinajstić information content (AvgIpc) is 2.59. The molecule has 1 aromatic rings. The maximum atomic E-state index is 10.2. The van der Waals surface area contributed by atoms with Gasteiger partial charge in [0.15, 0.2) is 0 Å². The van der Waals surface area contributed by atoms with Crippen molar-refractivity contribution in [1.29, 1.82) is 0 Å². The van der Waals surface area contributed by atoms with Crippen molar-refractivity contribution in [1.82, 2.24) is 4.90 Å². The van der Waals surface area contributed by atoms with E-state index in [1.165, 1.54) is 12.8 Å². The highest BCUT2D eigenvalue weighted by Gasteiger charge is 2.27. The fraction of sp³-hybridized carbons (Fsp3) is 0.667. The van der Waals surface area contributed by atoms with E-state index in [4.69, 9.17) is 9.47 Å². The molecular formula is C18H29NO3. The lowest BCUT2D eigenvalue weighted by Crippen LogP contribution is -2.47. The Hall–Kier alpha value is -1.26. The zero-order valence-corrected chi connectivity index (χ0v) is 13.8. The molecule has 2 rings (SSSR count). The number of rotatable bonds is 8. The van der Waals surface area contributed by atoms with Crippen molar-refractivity contribution in [2.75, 3.05) is 26.8 Å². The van der Waals surface area contributed by atoms with E-state index in [-0.39, 0.29) is 6.10 Å². The standard InChI is InChI=1S/C18H29NO3/c1-3-18(20)17-7-4-5-12-19(17)13-6-14-22-16-10-8-15(21-2)9-11-16/h8-11,17-18,20H,3-7,12-14H2,1-2H3. The Morgan fingerprint density at radius 1 is 1.23 bits per heavy atom. The molecule has 0 saturated carbocycles. The molecule has 22 heavy (non-hydrogen) atoms. The van der Waals surface area contributed by atoms with Crippen molar-refractivity contribution < 1.29 is 14.6 Å². The summed E-state index contributed by atoms with van der Waals surface area (Å²) >= 11 is 0. The first-order chi connectivity index (χ1) is 10.7. The molecule has 0 spiro atoms. The molecule has 1 saturated heterocycles. The smallest absolute Gasteiger partial charge is 0.119 e. The molecular weight excluding hydrogens is 278 g/mol. The van der Waals surface area contributed by atoms with Gasteiger partial charge in [-0.3, -0.25) is 4.90 Å². The Labute approximate surface area is 134 Å². The Balaban J connectivity index is 1.72. The summed E-state index contributed by atoms with van der Waals surface area (Å²) in [7, 11) is 1.66. The minimum atomic E-state index is -0.192. The van der Waals surface area contributed by atoms with Gasteiger partial charge in [-0.2, -0.15) is 0 Å². The van der Waals surface area contributed by atoms with Crippen molar-refractivity contribution in [2.45, 2.75) is 51.2 Å². The summed E-state index contributed by atoms with van der Waals surface area (Å²) in [4.78, 5) is 2.44. The Kier molecular flexibility index (Phi) is 7.00. The van der Waals surface area contributed by atoms with E-state index in [0.29, 0.717) is 12.6 Å². The van der Waals surface area contributed by atoms with Crippen molar-refractivity contribution in [3.63, 3.8) is 0 Å². The van der Waals surface area contributed by atoms with Gasteiger partial charge < -0.3 is 14.6 Å². The molecule has 124 valence electrons. The second kappa shape index (κ2) is 9.01. The molecule has 1 N–H and O–H groups in total. The van der Waals surface area contributed by atoms with Crippen LogP contribution >= 0.6 is 0 Å². The molecule has 1 aliphatic rings. The number of ether oxygens (including phenoxy) is 2. The number of benzene rings is 1. The van der Waals surface area contributed by atoms with Gasteiger partial charge in [0.2, 0.25) is 0 Å². The van der Waals surface area contributed by atoms with Crippen molar-refractivity contribution >= 4 is 0 Å². The van der Waals surface area contributed by atoms with Crippen molar-refractivity contribution in [3.8, 4) is 11.5 Å². The third kappa shape index (κ3) is 4.89. The highest BCUT2D eigenvalue weighted by Crippen LogP contribution is 2.22. The summed E-state index contributed by atoms with van der Waals surface area (Å²) in [5.74, 6) is 1.72. The first-order valence-electron chi connectivity index (χ1n) is 8.43. The molecule has 1 aliphatic heterocycles. The fourth-order valence-electron chi connectivity index (χ4n) is 3.13. The van der Waals surface area contributed by atoms with Crippen LogP contribution in [-0.2, 0) is 0 Å². The van der Waals surface area contributed by atoms with E-state index >= 15 is 0 Å². The molecule has 0 amide bonds. The number of likely N-dealkylation sites (tertiary alicyclic amines) is 1. The second-order valence-electron chi connectivity index (χ2n) is 5.95. The highest BCUT2D eigenvalue weighted by molar-refractivity contribution is 5.31. The SMILES string of the molecule is CCC(O)C1CCCCN1CCCOc1ccc(OC)cc1. The number of piperidine rings is 1. The molecule has 2 atom stereocenters. The lowest BCUT2D eigenvalue weighted by Gasteiger charge is -2.38. The van der Waals surface area contributed by atoms with Crippen LogP contribution in [0.2, 0.25) is 0 Å². The predicted molar refractivity (Wildman–Crippen MR) is 88.6 cm³/mol. The fourth-order valence-corrected chi connectivity index (χ4v) is 3.13. The van der Waals surface area contributed by atoms with Crippen molar-refractivity contribution in [2.24, 2.45) is 0 Å². The van der Waals surface area contributed by atoms with E-state index in [1.807, 2.05) is 24.3 Å². The molecule has 1 heterocycles. The molecule has 0 bridgehead atoms. The molecule has 1 aromatic carbocycles. The molecule has 1 fully saturated rings. The Bertz CT molecular complexity index is 421. The molecule has 4 heteroatoms. The summed E-state index contributed by atoms with van der Waals surface area (Å²) in [5.41, 5.74) is 0. The number of methoxy groups -OCH3 is 1. The largest absolute Gasteiger partial charge is 0.497 e. The van der Waals surface area contributed by atoms with Gasteiger partial charge in [-0.05, 0) is 56.5 Å². The second-order valence-corrected chi connectivity index (χ2v) is 5.95. The third-order valence-electron chi connectivity index (χ3n) is 4.44. The van der Waals surface area contributed by atoms with Gasteiger partial charge in [0, 0.05) is 12.6 Å². The monoisotopic (exact) mass is 307 g/mol. The van der Waals surface area contributed by atoms with Crippen LogP contribution < -0.4 is 9.47 Å². The number of hydrogen-bond acceptors (Lipinski definition) is 4. The first-order valence-corrected chi connectivity index (χ1v) is 8.43. The summed E-state index contributed by atoms with van der Waals surface area (Å²) in [6.45, 7) is 4.87. The van der Waals surface area contributed by atoms with Crippen LogP contribution in [0.3, 0.4) is 0 Å². The van der Waals surface area contributed by atoms with Gasteiger partial charge >= 0.3 is 0 Å². The van der Waals surface area contributed by atoms with Crippen LogP contribution in [0.5, 0.6) is 11.5 Å². The normalized spacial score (nSPS) is 20.6. The zero-order chi connectivity index (χ0) is 15.8. The zero-order valence-electron chi connectivity index (χ0n) is 13.8. The lowest BCUT2D eigenvalue weighted by atomic mass is 9.96. The molecule has 0 radical (unpaired) electrons. The topological polar surface area (TPSA) is 41.9 Å². The molecule has 0 aliphatic carbocycles. The minimum absolute atomic E-state index is 0.192. The maximum Gasteiger partial charge on any atom is 0.119 e. The van der Waals surface area contributed by atoms with Gasteiger partial charge in [0.05, 0.1) is 19.8 Å². The average molecular weight is 307 g/mol. The Morgan fingerprint density at radius 3 is 2.64 bits per heavy atom. The number of aliphatic hydroxyl groups excluding tert-OH is 1. The maximum absolute atomic E-state index is 10.2. The predicted octanol–water partition coefficient (Wildman–Crippen LogP) is 3.09. The van der Waals surface area contributed by atoms with Crippen LogP contribution in [0.4, 0.5) is 0 Å². The lowest BCUT2D eigenvalue weighted by molar-refractivity contribution is 0.0217. The molecule has 4 nitrogen and oxygen atoms in total. The number of nitrogens with zero attached hydrogens (tertiary/aromatic N) is 1. The van der Waals surface area contributed by atoms with Crippen molar-refractivity contribution in [3.05, 3.63) is 24.3 Å². The summed E-state index contributed by atoms with van der Waals surface area (Å²) < 4.78 is 10.9. The highest BCUT2D eigenvalue weighted by atomic mass is 16.5. The van der Waals surface area contributed by atoms with E-state index < -0.39 is 0 Å². The van der Waals surface area contributed by atoms with Gasteiger partial charge in [-0.15, -0.1) is 0 Å². The summed E-state index contributed by atoms with van der Waals surface area (Å²) in [6, 6.07) is 8.02. The third-order valence-corrected chi connectivity index (χ3v) is 4.44. The Morgan fingerprint density at radius 2 is 1.95 bits per heavy atom. The minimum Gasteiger partial charge on any atom is -0.497 e. The number of aliphatic hydroxyl groups is 1. The van der Waals surface area contributed by atoms with Crippen LogP contribution in [0.1, 0.15) is 39.0 Å². The van der Waals surface area contributed by atoms with E-state index in [1.54, 1.807) is 7.11 Å². The molecule has 2 unspecified atom stereocenters. The van der Waals surface area contributed by atoms with Gasteiger partial charge in [-0.1, -0.05) is 13.3 Å². The van der Waals surface area contributed by atoms with Gasteiger partial charge in [0.25, 0.3) is 0 Å². The van der Waals surface area contributed by atoms with Crippen LogP contribution in [0.15, 0.2) is 24.3 Å². The first kappa shape index (κ1) is 17.1. The van der Waals surface area contributed by atoms with Crippen LogP contribution in [0.25, 0.3) is 0 Å². The van der Waals surface area contributed by atoms with Crippen LogP contribution in [-0.4, -0.2) is 49.0 Å². The number of hydrogen-bond donors (Lipinski definition) is 1. The van der Waals surface area contributed by atoms with E-state index in [0.717, 1.165) is 43.9 Å².